The van der Waals surface area contributed by atoms with Crippen LogP contribution in [0.1, 0.15) is 5.56 Å². The Bertz CT molecular complexity index is 463. The molecule has 2 aromatic carbocycles. The third-order valence-electron chi connectivity index (χ3n) is 2.46. The van der Waals surface area contributed by atoms with Crippen molar-refractivity contribution in [2.45, 2.75) is 6.92 Å². The molecule has 0 aromatic heterocycles. The molecule has 2 aromatic rings. The van der Waals surface area contributed by atoms with Crippen molar-refractivity contribution < 1.29 is 18.9 Å². The molecule has 0 aliphatic rings. The Morgan fingerprint density at radius 3 is 2.47 bits per heavy atom. The molecule has 0 spiro atoms. The van der Waals surface area contributed by atoms with Crippen LogP contribution in [0.5, 0.6) is 0 Å². The van der Waals surface area contributed by atoms with Gasteiger partial charge in [0.1, 0.15) is 0 Å². The molecular weight excluding hydrogens is 177 g/mol. The smallest absolute Gasteiger partial charge is 0.428 e. The summed E-state index contributed by atoms with van der Waals surface area (Å²) in [6.07, 6.45) is 0. The van der Waals surface area contributed by atoms with E-state index in [4.69, 9.17) is 0 Å². The maximum Gasteiger partial charge on any atom is 1.00 e. The third-order valence-corrected chi connectivity index (χ3v) is 2.46. The van der Waals surface area contributed by atoms with Gasteiger partial charge in [0.05, 0.1) is 0 Å². The molecule has 2 heteroatoms. The molecule has 0 bridgehead atoms. The van der Waals surface area contributed by atoms with Crippen LogP contribution in [0.3, 0.4) is 0 Å². The van der Waals surface area contributed by atoms with Gasteiger partial charge in [-0.25, -0.2) is 0 Å². The van der Waals surface area contributed by atoms with Gasteiger partial charge in [0.2, 0.25) is 0 Å². The number of hydrogen-bond acceptors (Lipinski definition) is 1. The first-order chi connectivity index (χ1) is 6.70. The minimum absolute atomic E-state index is 0. The molecule has 0 fully saturated rings. The Morgan fingerprint density at radius 1 is 1.13 bits per heavy atom. The molecule has 2 rings (SSSR count). The van der Waals surface area contributed by atoms with Gasteiger partial charge < -0.3 is 4.90 Å². The molecule has 0 atom stereocenters. The van der Waals surface area contributed by atoms with E-state index in [0.29, 0.717) is 0 Å². The Balaban J connectivity index is 0.00000112. The van der Waals surface area contributed by atoms with Crippen LogP contribution < -0.4 is 23.8 Å². The second-order valence-corrected chi connectivity index (χ2v) is 3.74. The van der Waals surface area contributed by atoms with Gasteiger partial charge in [-0.05, 0) is 14.1 Å². The summed E-state index contributed by atoms with van der Waals surface area (Å²) in [5, 5.41) is 2.55. The van der Waals surface area contributed by atoms with E-state index >= 15 is 0 Å². The van der Waals surface area contributed by atoms with Crippen LogP contribution in [0.4, 0.5) is 5.69 Å². The van der Waals surface area contributed by atoms with E-state index in [1.165, 1.54) is 22.0 Å². The van der Waals surface area contributed by atoms with Gasteiger partial charge in [0.15, 0.2) is 0 Å². The van der Waals surface area contributed by atoms with Crippen molar-refractivity contribution in [1.29, 1.82) is 0 Å². The van der Waals surface area contributed by atoms with Crippen molar-refractivity contribution >= 4 is 16.5 Å². The van der Waals surface area contributed by atoms with E-state index in [9.17, 15) is 0 Å². The zero-order chi connectivity index (χ0) is 10.1. The summed E-state index contributed by atoms with van der Waals surface area (Å²) < 4.78 is 0. The second-order valence-electron chi connectivity index (χ2n) is 3.74. The first-order valence-corrected chi connectivity index (χ1v) is 4.77. The molecule has 0 radical (unpaired) electrons. The molecule has 0 aliphatic heterocycles. The van der Waals surface area contributed by atoms with Crippen molar-refractivity contribution in [3.63, 3.8) is 0 Å². The van der Waals surface area contributed by atoms with Gasteiger partial charge in [0.25, 0.3) is 0 Å². The van der Waals surface area contributed by atoms with Gasteiger partial charge >= 0.3 is 18.9 Å². The molecule has 0 aliphatic carbocycles. The molecule has 1 nitrogen and oxygen atoms in total. The van der Waals surface area contributed by atoms with Crippen molar-refractivity contribution in [2.24, 2.45) is 0 Å². The van der Waals surface area contributed by atoms with Crippen molar-refractivity contribution in [3.05, 3.63) is 42.0 Å². The number of nitrogens with zero attached hydrogens (tertiary/aromatic N) is 1. The quantitative estimate of drug-likeness (QED) is 0.453. The molecule has 0 saturated carbocycles. The summed E-state index contributed by atoms with van der Waals surface area (Å²) in [5.74, 6) is 0. The van der Waals surface area contributed by atoms with Gasteiger partial charge in [0, 0.05) is 0 Å². The summed E-state index contributed by atoms with van der Waals surface area (Å²) in [6.45, 7) is 2.10. The predicted octanol–water partition coefficient (Wildman–Crippen LogP) is 0.0184. The van der Waals surface area contributed by atoms with Crippen LogP contribution in [-0.2, 0) is 0 Å². The Morgan fingerprint density at radius 2 is 1.80 bits per heavy atom. The molecule has 0 saturated heterocycles. The van der Waals surface area contributed by atoms with E-state index in [2.05, 4.69) is 62.3 Å². The summed E-state index contributed by atoms with van der Waals surface area (Å²) in [6, 6.07) is 13.8. The SMILES string of the molecule is Cc1[c-]cc2ccccc2c1N(C)C.[Li+]. The largest absolute Gasteiger partial charge is 1.00 e. The number of aryl methyl sites for hydroxylation is 1. The Labute approximate surface area is 103 Å². The van der Waals surface area contributed by atoms with E-state index in [1.54, 1.807) is 0 Å². The van der Waals surface area contributed by atoms with Crippen LogP contribution in [0.25, 0.3) is 10.8 Å². The Kier molecular flexibility index (Phi) is 3.85. The van der Waals surface area contributed by atoms with Gasteiger partial charge in [-0.3, -0.25) is 0 Å². The van der Waals surface area contributed by atoms with Crippen molar-refractivity contribution in [3.8, 4) is 0 Å². The van der Waals surface area contributed by atoms with Crippen LogP contribution in [-0.4, -0.2) is 14.1 Å². The first-order valence-electron chi connectivity index (χ1n) is 4.77. The molecule has 0 N–H and O–H groups in total. The van der Waals surface area contributed by atoms with Crippen LogP contribution in [0.2, 0.25) is 0 Å². The fraction of sp³-hybridized carbons (Fsp3) is 0.231. The summed E-state index contributed by atoms with van der Waals surface area (Å²) in [5.41, 5.74) is 2.47. The zero-order valence-corrected chi connectivity index (χ0v) is 9.83. The monoisotopic (exact) mass is 191 g/mol. The zero-order valence-electron chi connectivity index (χ0n) is 9.83. The fourth-order valence-corrected chi connectivity index (χ4v) is 1.87. The number of anilines is 1. The molecular formula is C13H14LiN. The number of hydrogen-bond donors (Lipinski definition) is 0. The van der Waals surface area contributed by atoms with E-state index in [-0.39, 0.29) is 18.9 Å². The number of rotatable bonds is 1. The minimum atomic E-state index is 0. The molecule has 0 heterocycles. The molecule has 0 unspecified atom stereocenters. The van der Waals surface area contributed by atoms with Gasteiger partial charge in [-0.15, -0.1) is 22.4 Å². The maximum absolute atomic E-state index is 3.28. The van der Waals surface area contributed by atoms with Gasteiger partial charge in [-0.2, -0.15) is 12.1 Å². The number of benzene rings is 2. The minimum Gasteiger partial charge on any atom is -0.428 e. The number of fused-ring (bicyclic) bond motifs is 1. The predicted molar refractivity (Wildman–Crippen MR) is 61.8 cm³/mol. The summed E-state index contributed by atoms with van der Waals surface area (Å²) in [4.78, 5) is 2.15. The normalized spacial score (nSPS) is 9.80. The van der Waals surface area contributed by atoms with Crippen LogP contribution in [0, 0.1) is 13.0 Å². The summed E-state index contributed by atoms with van der Waals surface area (Å²) >= 11 is 0. The standard InChI is InChI=1S/C13H14N.Li/c1-10-8-9-11-6-4-5-7-12(11)13(10)14(2)3;/h4-7,9H,1-3H3;/q-1;+1. The van der Waals surface area contributed by atoms with Crippen LogP contribution in [0.15, 0.2) is 30.3 Å². The van der Waals surface area contributed by atoms with Crippen LogP contribution >= 0.6 is 0 Å². The van der Waals surface area contributed by atoms with Gasteiger partial charge in [-0.1, -0.05) is 30.8 Å². The second kappa shape index (κ2) is 4.75. The Hall–Kier alpha value is -0.903. The molecule has 15 heavy (non-hydrogen) atoms. The summed E-state index contributed by atoms with van der Waals surface area (Å²) in [7, 11) is 4.14. The molecule has 72 valence electrons. The average molecular weight is 191 g/mol. The average Bonchev–Trinajstić information content (AvgIpc) is 2.17. The third kappa shape index (κ3) is 2.20. The first kappa shape index (κ1) is 12.2. The van der Waals surface area contributed by atoms with Crippen molar-refractivity contribution in [2.75, 3.05) is 19.0 Å². The fourth-order valence-electron chi connectivity index (χ4n) is 1.87. The van der Waals surface area contributed by atoms with E-state index < -0.39 is 0 Å². The maximum atomic E-state index is 3.28. The van der Waals surface area contributed by atoms with Crippen molar-refractivity contribution in [1.82, 2.24) is 0 Å². The molecule has 0 amide bonds. The van der Waals surface area contributed by atoms with E-state index in [0.717, 1.165) is 0 Å². The van der Waals surface area contributed by atoms with E-state index in [1.807, 2.05) is 0 Å². The topological polar surface area (TPSA) is 3.24 Å².